The number of hydrogen-bond donors (Lipinski definition) is 1. The summed E-state index contributed by atoms with van der Waals surface area (Å²) in [5, 5.41) is 4.83. The lowest BCUT2D eigenvalue weighted by Gasteiger charge is -2.22. The van der Waals surface area contributed by atoms with Gasteiger partial charge in [-0.3, -0.25) is 14.7 Å². The normalized spacial score (nSPS) is 10.8. The maximum atomic E-state index is 13.1. The first kappa shape index (κ1) is 18.2. The van der Waals surface area contributed by atoms with Crippen LogP contribution >= 0.6 is 11.3 Å². The first-order valence-electron chi connectivity index (χ1n) is 8.39. The molecule has 0 atom stereocenters. The maximum absolute atomic E-state index is 13.1. The smallest absolute Gasteiger partial charge is 0.261 e. The molecular formula is C20H20FN3OS. The van der Waals surface area contributed by atoms with E-state index in [2.05, 4.69) is 15.2 Å². The van der Waals surface area contributed by atoms with Gasteiger partial charge in [0.05, 0.1) is 10.6 Å². The summed E-state index contributed by atoms with van der Waals surface area (Å²) in [5.74, 6) is -0.298. The molecule has 1 amide bonds. The zero-order valence-corrected chi connectivity index (χ0v) is 15.1. The van der Waals surface area contributed by atoms with Gasteiger partial charge >= 0.3 is 0 Å². The van der Waals surface area contributed by atoms with Gasteiger partial charge in [-0.2, -0.15) is 0 Å². The fourth-order valence-electron chi connectivity index (χ4n) is 2.61. The molecule has 4 nitrogen and oxygen atoms in total. The third kappa shape index (κ3) is 5.47. The van der Waals surface area contributed by atoms with Gasteiger partial charge in [0.1, 0.15) is 5.82 Å². The van der Waals surface area contributed by atoms with Gasteiger partial charge in [0.2, 0.25) is 0 Å². The van der Waals surface area contributed by atoms with E-state index < -0.39 is 0 Å². The molecule has 0 spiro atoms. The zero-order valence-electron chi connectivity index (χ0n) is 14.3. The van der Waals surface area contributed by atoms with Gasteiger partial charge in [-0.05, 0) is 41.3 Å². The SMILES string of the molecule is O=C(NCCN(Cc1ccc(F)cc1)Cc1ccccn1)c1cccs1. The van der Waals surface area contributed by atoms with E-state index in [4.69, 9.17) is 0 Å². The van der Waals surface area contributed by atoms with Crippen molar-refractivity contribution in [2.75, 3.05) is 13.1 Å². The molecule has 0 aliphatic heterocycles. The number of carbonyl (C=O) groups is 1. The predicted molar refractivity (Wildman–Crippen MR) is 101 cm³/mol. The van der Waals surface area contributed by atoms with Gasteiger partial charge < -0.3 is 5.32 Å². The van der Waals surface area contributed by atoms with Crippen molar-refractivity contribution in [2.24, 2.45) is 0 Å². The van der Waals surface area contributed by atoms with Gasteiger partial charge in [-0.25, -0.2) is 4.39 Å². The summed E-state index contributed by atoms with van der Waals surface area (Å²) in [6, 6.07) is 16.0. The quantitative estimate of drug-likeness (QED) is 0.658. The highest BCUT2D eigenvalue weighted by Gasteiger charge is 2.10. The van der Waals surface area contributed by atoms with Crippen LogP contribution in [0.3, 0.4) is 0 Å². The standard InChI is InChI=1S/C20H20FN3OS/c21-17-8-6-16(7-9-17)14-24(15-18-4-1-2-10-22-18)12-11-23-20(25)19-5-3-13-26-19/h1-10,13H,11-12,14-15H2,(H,23,25). The molecule has 26 heavy (non-hydrogen) atoms. The molecule has 0 fully saturated rings. The number of amides is 1. The molecule has 0 saturated carbocycles. The number of halogens is 1. The van der Waals surface area contributed by atoms with E-state index >= 15 is 0 Å². The molecule has 3 aromatic rings. The summed E-state index contributed by atoms with van der Waals surface area (Å²) in [6.07, 6.45) is 1.77. The number of nitrogens with zero attached hydrogens (tertiary/aromatic N) is 2. The Morgan fingerprint density at radius 2 is 1.92 bits per heavy atom. The molecule has 134 valence electrons. The summed E-state index contributed by atoms with van der Waals surface area (Å²) in [4.78, 5) is 19.3. The summed E-state index contributed by atoms with van der Waals surface area (Å²) < 4.78 is 13.1. The van der Waals surface area contributed by atoms with Crippen LogP contribution < -0.4 is 5.32 Å². The van der Waals surface area contributed by atoms with Crippen molar-refractivity contribution in [1.29, 1.82) is 0 Å². The molecule has 6 heteroatoms. The van der Waals surface area contributed by atoms with Gasteiger partial charge in [-0.15, -0.1) is 11.3 Å². The highest BCUT2D eigenvalue weighted by Crippen LogP contribution is 2.10. The molecule has 1 N–H and O–H groups in total. The van der Waals surface area contributed by atoms with E-state index in [-0.39, 0.29) is 11.7 Å². The Hall–Kier alpha value is -2.57. The second-order valence-corrected chi connectivity index (χ2v) is 6.84. The Kier molecular flexibility index (Phi) is 6.46. The minimum atomic E-state index is -0.242. The Labute approximate surface area is 156 Å². The molecule has 0 bridgehead atoms. The van der Waals surface area contributed by atoms with Crippen molar-refractivity contribution in [2.45, 2.75) is 13.1 Å². The van der Waals surface area contributed by atoms with E-state index in [1.165, 1.54) is 23.5 Å². The summed E-state index contributed by atoms with van der Waals surface area (Å²) in [5.41, 5.74) is 1.98. The van der Waals surface area contributed by atoms with Crippen LogP contribution in [0.1, 0.15) is 20.9 Å². The van der Waals surface area contributed by atoms with Gasteiger partial charge in [-0.1, -0.05) is 24.3 Å². The lowest BCUT2D eigenvalue weighted by atomic mass is 10.2. The van der Waals surface area contributed by atoms with Crippen molar-refractivity contribution >= 4 is 17.2 Å². The second-order valence-electron chi connectivity index (χ2n) is 5.89. The van der Waals surface area contributed by atoms with Crippen LogP contribution in [0, 0.1) is 5.82 Å². The van der Waals surface area contributed by atoms with Crippen LogP contribution in [-0.2, 0) is 13.1 Å². The Morgan fingerprint density at radius 1 is 1.08 bits per heavy atom. The molecule has 3 rings (SSSR count). The van der Waals surface area contributed by atoms with E-state index in [1.54, 1.807) is 18.3 Å². The highest BCUT2D eigenvalue weighted by atomic mass is 32.1. The lowest BCUT2D eigenvalue weighted by molar-refractivity contribution is 0.0951. The maximum Gasteiger partial charge on any atom is 0.261 e. The number of pyridine rings is 1. The van der Waals surface area contributed by atoms with Crippen LogP contribution in [0.25, 0.3) is 0 Å². The van der Waals surface area contributed by atoms with Crippen molar-refractivity contribution in [1.82, 2.24) is 15.2 Å². The molecule has 0 radical (unpaired) electrons. The number of benzene rings is 1. The number of thiophene rings is 1. The van der Waals surface area contributed by atoms with E-state index in [1.807, 2.05) is 35.7 Å². The van der Waals surface area contributed by atoms with Gasteiger partial charge in [0.25, 0.3) is 5.91 Å². The average molecular weight is 369 g/mol. The van der Waals surface area contributed by atoms with E-state index in [0.717, 1.165) is 11.3 Å². The first-order chi connectivity index (χ1) is 12.7. The fourth-order valence-corrected chi connectivity index (χ4v) is 3.25. The minimum absolute atomic E-state index is 0.0560. The van der Waals surface area contributed by atoms with Crippen molar-refractivity contribution < 1.29 is 9.18 Å². The Bertz CT molecular complexity index is 807. The number of nitrogens with one attached hydrogen (secondary N) is 1. The second kappa shape index (κ2) is 9.22. The average Bonchev–Trinajstić information content (AvgIpc) is 3.19. The fraction of sp³-hybridized carbons (Fsp3) is 0.200. The number of aromatic nitrogens is 1. The van der Waals surface area contributed by atoms with Gasteiger partial charge in [0.15, 0.2) is 0 Å². The highest BCUT2D eigenvalue weighted by molar-refractivity contribution is 7.12. The number of carbonyl (C=O) groups excluding carboxylic acids is 1. The van der Waals surface area contributed by atoms with E-state index in [9.17, 15) is 9.18 Å². The van der Waals surface area contributed by atoms with E-state index in [0.29, 0.717) is 31.1 Å². The monoisotopic (exact) mass is 369 g/mol. The molecule has 0 saturated heterocycles. The predicted octanol–water partition coefficient (Wildman–Crippen LogP) is 3.71. The van der Waals surface area contributed by atoms with Crippen LogP contribution in [-0.4, -0.2) is 28.9 Å². The third-order valence-electron chi connectivity index (χ3n) is 3.89. The Morgan fingerprint density at radius 3 is 2.62 bits per heavy atom. The molecule has 2 aromatic heterocycles. The largest absolute Gasteiger partial charge is 0.350 e. The van der Waals surface area contributed by atoms with Crippen LogP contribution in [0.4, 0.5) is 4.39 Å². The molecule has 0 aliphatic rings. The van der Waals surface area contributed by atoms with Crippen molar-refractivity contribution in [3.8, 4) is 0 Å². The first-order valence-corrected chi connectivity index (χ1v) is 9.27. The van der Waals surface area contributed by atoms with Crippen molar-refractivity contribution in [3.63, 3.8) is 0 Å². The summed E-state index contributed by atoms with van der Waals surface area (Å²) >= 11 is 1.43. The third-order valence-corrected chi connectivity index (χ3v) is 4.76. The zero-order chi connectivity index (χ0) is 18.2. The molecule has 2 heterocycles. The summed E-state index contributed by atoms with van der Waals surface area (Å²) in [6.45, 7) is 2.52. The van der Waals surface area contributed by atoms with Crippen LogP contribution in [0.15, 0.2) is 66.2 Å². The molecule has 0 unspecified atom stereocenters. The number of rotatable bonds is 8. The van der Waals surface area contributed by atoms with Gasteiger partial charge in [0, 0.05) is 32.4 Å². The van der Waals surface area contributed by atoms with Crippen LogP contribution in [0.2, 0.25) is 0 Å². The molecular weight excluding hydrogens is 349 g/mol. The molecule has 1 aromatic carbocycles. The lowest BCUT2D eigenvalue weighted by Crippen LogP contribution is -2.34. The Balaban J connectivity index is 1.60. The molecule has 0 aliphatic carbocycles. The number of hydrogen-bond acceptors (Lipinski definition) is 4. The minimum Gasteiger partial charge on any atom is -0.350 e. The van der Waals surface area contributed by atoms with Crippen LogP contribution in [0.5, 0.6) is 0 Å². The summed E-state index contributed by atoms with van der Waals surface area (Å²) in [7, 11) is 0. The van der Waals surface area contributed by atoms with Crippen molar-refractivity contribution in [3.05, 3.63) is 88.1 Å². The topological polar surface area (TPSA) is 45.2 Å².